The molecule has 100 valence electrons. The number of nitrogens with one attached hydrogen (secondary N) is 2. The molecule has 0 aliphatic heterocycles. The maximum Gasteiger partial charge on any atom is 0.244 e. The first-order chi connectivity index (χ1) is 8.53. The number of nitrogens with two attached hydrogens (primary N) is 1. The second-order valence-electron chi connectivity index (χ2n) is 4.61. The fourth-order valence-electron chi connectivity index (χ4n) is 2.18. The Kier molecular flexibility index (Phi) is 3.56. The van der Waals surface area contributed by atoms with Gasteiger partial charge in [0.2, 0.25) is 10.0 Å². The molecule has 1 aromatic rings. The zero-order valence-corrected chi connectivity index (χ0v) is 11.1. The maximum atomic E-state index is 12.3. The standard InChI is InChI=1S/C11H18N4O2S/c1-2-11(5-3-6-11)15-18(16,17)10-8-13-7-4-9(10)14-12/h4,7-8,15H,2-3,5-6,12H2,1H3,(H,13,14). The lowest BCUT2D eigenvalue weighted by molar-refractivity contribution is 0.214. The Morgan fingerprint density at radius 1 is 1.50 bits per heavy atom. The topological polar surface area (TPSA) is 97.1 Å². The fourth-order valence-corrected chi connectivity index (χ4v) is 3.83. The van der Waals surface area contributed by atoms with Gasteiger partial charge in [0.25, 0.3) is 0 Å². The summed E-state index contributed by atoms with van der Waals surface area (Å²) in [6, 6.07) is 1.54. The zero-order chi connectivity index (χ0) is 13.2. The van der Waals surface area contributed by atoms with Gasteiger partial charge in [-0.2, -0.15) is 0 Å². The molecule has 2 rings (SSSR count). The molecule has 1 fully saturated rings. The molecule has 0 saturated heterocycles. The maximum absolute atomic E-state index is 12.3. The largest absolute Gasteiger partial charge is 0.323 e. The molecule has 0 unspecified atom stereocenters. The van der Waals surface area contributed by atoms with E-state index in [0.717, 1.165) is 25.7 Å². The van der Waals surface area contributed by atoms with Crippen molar-refractivity contribution in [1.29, 1.82) is 0 Å². The van der Waals surface area contributed by atoms with Gasteiger partial charge in [0.1, 0.15) is 4.90 Å². The number of pyridine rings is 1. The molecule has 1 aliphatic carbocycles. The van der Waals surface area contributed by atoms with Crippen LogP contribution in [0.1, 0.15) is 32.6 Å². The van der Waals surface area contributed by atoms with Gasteiger partial charge in [-0.15, -0.1) is 0 Å². The Morgan fingerprint density at radius 2 is 2.22 bits per heavy atom. The van der Waals surface area contributed by atoms with Gasteiger partial charge in [0.15, 0.2) is 0 Å². The molecule has 0 radical (unpaired) electrons. The summed E-state index contributed by atoms with van der Waals surface area (Å²) in [5.41, 5.74) is 2.44. The first-order valence-electron chi connectivity index (χ1n) is 5.98. The summed E-state index contributed by atoms with van der Waals surface area (Å²) < 4.78 is 27.4. The van der Waals surface area contributed by atoms with E-state index in [-0.39, 0.29) is 10.4 Å². The zero-order valence-electron chi connectivity index (χ0n) is 10.3. The summed E-state index contributed by atoms with van der Waals surface area (Å²) in [6.45, 7) is 1.99. The van der Waals surface area contributed by atoms with Crippen LogP contribution in [0.5, 0.6) is 0 Å². The van der Waals surface area contributed by atoms with Crippen LogP contribution in [0.3, 0.4) is 0 Å². The molecule has 0 atom stereocenters. The highest BCUT2D eigenvalue weighted by molar-refractivity contribution is 7.89. The van der Waals surface area contributed by atoms with Gasteiger partial charge in [0.05, 0.1) is 5.69 Å². The van der Waals surface area contributed by atoms with Crippen LogP contribution in [0, 0.1) is 0 Å². The van der Waals surface area contributed by atoms with Crippen LogP contribution in [-0.4, -0.2) is 18.9 Å². The van der Waals surface area contributed by atoms with E-state index in [4.69, 9.17) is 5.84 Å². The highest BCUT2D eigenvalue weighted by Gasteiger charge is 2.39. The molecule has 18 heavy (non-hydrogen) atoms. The number of nitrogens with zero attached hydrogens (tertiary/aromatic N) is 1. The monoisotopic (exact) mass is 270 g/mol. The second kappa shape index (κ2) is 4.83. The Labute approximate surface area is 107 Å². The van der Waals surface area contributed by atoms with E-state index in [9.17, 15) is 8.42 Å². The Hall–Kier alpha value is -1.18. The number of anilines is 1. The van der Waals surface area contributed by atoms with Crippen molar-refractivity contribution in [3.8, 4) is 0 Å². The van der Waals surface area contributed by atoms with Crippen molar-refractivity contribution in [3.63, 3.8) is 0 Å². The minimum atomic E-state index is -3.59. The molecule has 0 spiro atoms. The van der Waals surface area contributed by atoms with Crippen molar-refractivity contribution in [2.45, 2.75) is 43.0 Å². The van der Waals surface area contributed by atoms with Crippen molar-refractivity contribution in [2.24, 2.45) is 5.84 Å². The first kappa shape index (κ1) is 13.3. The predicted octanol–water partition coefficient (Wildman–Crippen LogP) is 0.978. The molecule has 4 N–H and O–H groups in total. The number of aromatic nitrogens is 1. The summed E-state index contributed by atoms with van der Waals surface area (Å²) in [4.78, 5) is 3.93. The van der Waals surface area contributed by atoms with Gasteiger partial charge in [0, 0.05) is 17.9 Å². The molecule has 7 heteroatoms. The molecule has 1 saturated carbocycles. The van der Waals surface area contributed by atoms with E-state index in [2.05, 4.69) is 15.1 Å². The summed E-state index contributed by atoms with van der Waals surface area (Å²) >= 11 is 0. The van der Waals surface area contributed by atoms with Crippen molar-refractivity contribution in [2.75, 3.05) is 5.43 Å². The summed E-state index contributed by atoms with van der Waals surface area (Å²) in [5, 5.41) is 0. The first-order valence-corrected chi connectivity index (χ1v) is 7.46. The van der Waals surface area contributed by atoms with E-state index < -0.39 is 10.0 Å². The van der Waals surface area contributed by atoms with Crippen LogP contribution in [0.15, 0.2) is 23.4 Å². The minimum Gasteiger partial charge on any atom is -0.323 e. The summed E-state index contributed by atoms with van der Waals surface area (Å²) in [6.07, 6.45) is 6.42. The van der Waals surface area contributed by atoms with Gasteiger partial charge in [-0.3, -0.25) is 10.8 Å². The summed E-state index contributed by atoms with van der Waals surface area (Å²) in [7, 11) is -3.59. The molecular weight excluding hydrogens is 252 g/mol. The number of nitrogen functional groups attached to an aromatic ring is 1. The highest BCUT2D eigenvalue weighted by Crippen LogP contribution is 2.36. The smallest absolute Gasteiger partial charge is 0.244 e. The molecule has 1 heterocycles. The van der Waals surface area contributed by atoms with E-state index in [1.165, 1.54) is 18.5 Å². The average Bonchev–Trinajstić information content (AvgIpc) is 2.34. The van der Waals surface area contributed by atoms with E-state index in [1.54, 1.807) is 0 Å². The van der Waals surface area contributed by atoms with Crippen molar-refractivity contribution < 1.29 is 8.42 Å². The van der Waals surface area contributed by atoms with Crippen LogP contribution in [-0.2, 0) is 10.0 Å². The molecule has 0 amide bonds. The van der Waals surface area contributed by atoms with Crippen LogP contribution in [0.2, 0.25) is 0 Å². The Morgan fingerprint density at radius 3 is 2.72 bits per heavy atom. The van der Waals surface area contributed by atoms with Gasteiger partial charge in [-0.05, 0) is 31.7 Å². The van der Waals surface area contributed by atoms with E-state index >= 15 is 0 Å². The predicted molar refractivity (Wildman–Crippen MR) is 69.2 cm³/mol. The molecule has 6 nitrogen and oxygen atoms in total. The van der Waals surface area contributed by atoms with Gasteiger partial charge < -0.3 is 5.43 Å². The number of hydrazine groups is 1. The van der Waals surface area contributed by atoms with Crippen LogP contribution in [0.4, 0.5) is 5.69 Å². The van der Waals surface area contributed by atoms with Gasteiger partial charge >= 0.3 is 0 Å². The lowest BCUT2D eigenvalue weighted by Crippen LogP contribution is -2.52. The lowest BCUT2D eigenvalue weighted by atomic mass is 9.76. The SMILES string of the molecule is CCC1(NS(=O)(=O)c2cnccc2NN)CCC1. The fraction of sp³-hybridized carbons (Fsp3) is 0.545. The number of sulfonamides is 1. The Balaban J connectivity index is 2.31. The number of hydrogen-bond donors (Lipinski definition) is 3. The highest BCUT2D eigenvalue weighted by atomic mass is 32.2. The third-order valence-corrected chi connectivity index (χ3v) is 5.17. The molecule has 1 aliphatic rings. The average molecular weight is 270 g/mol. The normalized spacial score (nSPS) is 18.1. The van der Waals surface area contributed by atoms with E-state index in [1.807, 2.05) is 6.92 Å². The van der Waals surface area contributed by atoms with Gasteiger partial charge in [-0.25, -0.2) is 13.1 Å². The minimum absolute atomic E-state index is 0.0900. The number of hydrogen-bond acceptors (Lipinski definition) is 5. The lowest BCUT2D eigenvalue weighted by Gasteiger charge is -2.41. The van der Waals surface area contributed by atoms with E-state index in [0.29, 0.717) is 5.69 Å². The van der Waals surface area contributed by atoms with Crippen LogP contribution < -0.4 is 16.0 Å². The third-order valence-electron chi connectivity index (χ3n) is 3.57. The van der Waals surface area contributed by atoms with Gasteiger partial charge in [-0.1, -0.05) is 6.92 Å². The van der Waals surface area contributed by atoms with Crippen molar-refractivity contribution >= 4 is 15.7 Å². The quantitative estimate of drug-likeness (QED) is 0.547. The molecule has 0 aromatic carbocycles. The van der Waals surface area contributed by atoms with Crippen LogP contribution in [0.25, 0.3) is 0 Å². The van der Waals surface area contributed by atoms with Crippen molar-refractivity contribution in [3.05, 3.63) is 18.5 Å². The van der Waals surface area contributed by atoms with Crippen LogP contribution >= 0.6 is 0 Å². The van der Waals surface area contributed by atoms with Crippen molar-refractivity contribution in [1.82, 2.24) is 9.71 Å². The Bertz CT molecular complexity index is 520. The molecular formula is C11H18N4O2S. The summed E-state index contributed by atoms with van der Waals surface area (Å²) in [5.74, 6) is 5.32. The third kappa shape index (κ3) is 2.33. The number of rotatable bonds is 5. The molecule has 0 bridgehead atoms. The molecule has 1 aromatic heterocycles. The second-order valence-corrected chi connectivity index (χ2v) is 6.26.